The van der Waals surface area contributed by atoms with Crippen LogP contribution in [0.25, 0.3) is 0 Å². The van der Waals surface area contributed by atoms with Crippen LogP contribution in [-0.4, -0.2) is 36.1 Å². The highest BCUT2D eigenvalue weighted by atomic mass is 32.2. The lowest BCUT2D eigenvalue weighted by Gasteiger charge is -2.15. The molecule has 4 nitrogen and oxygen atoms in total. The third kappa shape index (κ3) is 3.26. The van der Waals surface area contributed by atoms with Crippen molar-refractivity contribution in [1.29, 1.82) is 0 Å². The van der Waals surface area contributed by atoms with E-state index in [0.29, 0.717) is 12.8 Å². The van der Waals surface area contributed by atoms with Gasteiger partial charge < -0.3 is 5.11 Å². The lowest BCUT2D eigenvalue weighted by atomic mass is 9.98. The van der Waals surface area contributed by atoms with E-state index in [1.54, 1.807) is 6.20 Å². The second-order valence-corrected chi connectivity index (χ2v) is 6.99. The van der Waals surface area contributed by atoms with Gasteiger partial charge in [0, 0.05) is 24.2 Å². The summed E-state index contributed by atoms with van der Waals surface area (Å²) in [6.45, 7) is 1.96. The fourth-order valence-electron chi connectivity index (χ4n) is 2.13. The Hall–Kier alpha value is -0.940. The van der Waals surface area contributed by atoms with Gasteiger partial charge in [0.1, 0.15) is 0 Å². The van der Waals surface area contributed by atoms with Crippen molar-refractivity contribution >= 4 is 9.84 Å². The molecule has 5 heteroatoms. The molecule has 0 aliphatic carbocycles. The number of aliphatic hydroxyl groups is 1. The Labute approximate surface area is 102 Å². The van der Waals surface area contributed by atoms with Gasteiger partial charge in [-0.3, -0.25) is 4.98 Å². The number of sulfone groups is 1. The molecule has 0 radical (unpaired) electrons. The van der Waals surface area contributed by atoms with Crippen LogP contribution in [0.3, 0.4) is 0 Å². The summed E-state index contributed by atoms with van der Waals surface area (Å²) < 4.78 is 22.6. The first kappa shape index (κ1) is 12.5. The Kier molecular flexibility index (Phi) is 3.49. The maximum absolute atomic E-state index is 11.3. The van der Waals surface area contributed by atoms with Crippen molar-refractivity contribution in [2.45, 2.75) is 25.9 Å². The number of nitrogens with zero attached hydrogens (tertiary/aromatic N) is 1. The van der Waals surface area contributed by atoms with Crippen LogP contribution in [0.4, 0.5) is 0 Å². The maximum atomic E-state index is 11.3. The van der Waals surface area contributed by atoms with E-state index in [1.807, 2.05) is 19.1 Å². The Bertz CT molecular complexity index is 481. The largest absolute Gasteiger partial charge is 0.392 e. The summed E-state index contributed by atoms with van der Waals surface area (Å²) in [4.78, 5) is 4.22. The van der Waals surface area contributed by atoms with Crippen LogP contribution in [0.2, 0.25) is 0 Å². The molecular weight excluding hydrogens is 238 g/mol. The number of aromatic nitrogens is 1. The zero-order chi connectivity index (χ0) is 12.5. The summed E-state index contributed by atoms with van der Waals surface area (Å²) in [6, 6.07) is 3.82. The Morgan fingerprint density at radius 3 is 2.82 bits per heavy atom. The molecule has 1 aromatic rings. The first-order valence-corrected chi connectivity index (χ1v) is 7.58. The Morgan fingerprint density at radius 1 is 1.53 bits per heavy atom. The van der Waals surface area contributed by atoms with Gasteiger partial charge in [-0.15, -0.1) is 0 Å². The van der Waals surface area contributed by atoms with Crippen molar-refractivity contribution < 1.29 is 13.5 Å². The summed E-state index contributed by atoms with van der Waals surface area (Å²) in [7, 11) is -2.92. The molecule has 1 aliphatic rings. The number of rotatable bonds is 3. The molecule has 1 saturated heterocycles. The average molecular weight is 255 g/mol. The van der Waals surface area contributed by atoms with Crippen LogP contribution in [0.1, 0.15) is 17.7 Å². The molecule has 1 aliphatic heterocycles. The van der Waals surface area contributed by atoms with Crippen LogP contribution in [-0.2, 0) is 16.3 Å². The van der Waals surface area contributed by atoms with Gasteiger partial charge in [-0.25, -0.2) is 8.42 Å². The molecule has 1 fully saturated rings. The number of pyridine rings is 1. The van der Waals surface area contributed by atoms with Crippen molar-refractivity contribution in [2.75, 3.05) is 11.5 Å². The van der Waals surface area contributed by atoms with Crippen molar-refractivity contribution in [2.24, 2.45) is 5.92 Å². The van der Waals surface area contributed by atoms with E-state index in [9.17, 15) is 13.5 Å². The SMILES string of the molecule is Cc1ccc(CC(O)C2CCS(=O)(=O)C2)nc1. The number of aliphatic hydroxyl groups excluding tert-OH is 1. The average Bonchev–Trinajstić information content (AvgIpc) is 2.62. The number of hydrogen-bond donors (Lipinski definition) is 1. The predicted octanol–water partition coefficient (Wildman–Crippen LogP) is 0.728. The lowest BCUT2D eigenvalue weighted by Crippen LogP contribution is -2.24. The normalized spacial score (nSPS) is 24.7. The molecule has 94 valence electrons. The summed E-state index contributed by atoms with van der Waals surface area (Å²) in [5.41, 5.74) is 1.89. The van der Waals surface area contributed by atoms with Crippen LogP contribution in [0, 0.1) is 12.8 Å². The van der Waals surface area contributed by atoms with Crippen molar-refractivity contribution in [3.8, 4) is 0 Å². The van der Waals surface area contributed by atoms with E-state index < -0.39 is 15.9 Å². The smallest absolute Gasteiger partial charge is 0.150 e. The highest BCUT2D eigenvalue weighted by Gasteiger charge is 2.32. The maximum Gasteiger partial charge on any atom is 0.150 e. The van der Waals surface area contributed by atoms with Gasteiger partial charge in [0.25, 0.3) is 0 Å². The molecule has 0 saturated carbocycles. The van der Waals surface area contributed by atoms with E-state index in [0.717, 1.165) is 11.3 Å². The van der Waals surface area contributed by atoms with E-state index in [4.69, 9.17) is 0 Å². The van der Waals surface area contributed by atoms with Crippen LogP contribution >= 0.6 is 0 Å². The van der Waals surface area contributed by atoms with Gasteiger partial charge in [-0.05, 0) is 25.0 Å². The van der Waals surface area contributed by atoms with Crippen molar-refractivity contribution in [3.63, 3.8) is 0 Å². The Morgan fingerprint density at radius 2 is 2.29 bits per heavy atom. The highest BCUT2D eigenvalue weighted by molar-refractivity contribution is 7.91. The van der Waals surface area contributed by atoms with Gasteiger partial charge in [-0.1, -0.05) is 6.07 Å². The summed E-state index contributed by atoms with van der Waals surface area (Å²) in [5, 5.41) is 10.00. The molecule has 2 heterocycles. The van der Waals surface area contributed by atoms with E-state index in [2.05, 4.69) is 4.98 Å². The molecule has 2 rings (SSSR count). The zero-order valence-corrected chi connectivity index (χ0v) is 10.7. The second kappa shape index (κ2) is 4.74. The molecular formula is C12H17NO3S. The minimum Gasteiger partial charge on any atom is -0.392 e. The molecule has 2 atom stereocenters. The van der Waals surface area contributed by atoms with Gasteiger partial charge >= 0.3 is 0 Å². The van der Waals surface area contributed by atoms with Crippen LogP contribution in [0.5, 0.6) is 0 Å². The molecule has 0 spiro atoms. The summed E-state index contributed by atoms with van der Waals surface area (Å²) >= 11 is 0. The minimum atomic E-state index is -2.92. The highest BCUT2D eigenvalue weighted by Crippen LogP contribution is 2.23. The molecule has 1 N–H and O–H groups in total. The first-order valence-electron chi connectivity index (χ1n) is 5.76. The quantitative estimate of drug-likeness (QED) is 0.864. The van der Waals surface area contributed by atoms with E-state index in [1.165, 1.54) is 0 Å². The molecule has 2 unspecified atom stereocenters. The molecule has 0 amide bonds. The third-order valence-corrected chi connectivity index (χ3v) is 5.00. The third-order valence-electron chi connectivity index (χ3n) is 3.20. The summed E-state index contributed by atoms with van der Waals surface area (Å²) in [5.74, 6) is 0.180. The van der Waals surface area contributed by atoms with Crippen molar-refractivity contribution in [3.05, 3.63) is 29.6 Å². The zero-order valence-electron chi connectivity index (χ0n) is 9.83. The molecule has 0 aromatic carbocycles. The van der Waals surface area contributed by atoms with E-state index in [-0.39, 0.29) is 17.4 Å². The van der Waals surface area contributed by atoms with Gasteiger partial charge in [0.2, 0.25) is 0 Å². The first-order chi connectivity index (χ1) is 7.96. The monoisotopic (exact) mass is 255 g/mol. The van der Waals surface area contributed by atoms with Gasteiger partial charge in [0.15, 0.2) is 9.84 Å². The van der Waals surface area contributed by atoms with Crippen LogP contribution < -0.4 is 0 Å². The van der Waals surface area contributed by atoms with Crippen LogP contribution in [0.15, 0.2) is 18.3 Å². The standard InChI is InChI=1S/C12H17NO3S/c1-9-2-3-11(13-7-9)6-12(14)10-4-5-17(15,16)8-10/h2-3,7,10,12,14H,4-6,8H2,1H3. The fourth-order valence-corrected chi connectivity index (χ4v) is 4.00. The van der Waals surface area contributed by atoms with Crippen molar-refractivity contribution in [1.82, 2.24) is 4.98 Å². The molecule has 0 bridgehead atoms. The molecule has 17 heavy (non-hydrogen) atoms. The topological polar surface area (TPSA) is 67.3 Å². The van der Waals surface area contributed by atoms with Gasteiger partial charge in [-0.2, -0.15) is 0 Å². The second-order valence-electron chi connectivity index (χ2n) is 4.76. The van der Waals surface area contributed by atoms with E-state index >= 15 is 0 Å². The molecule has 1 aromatic heterocycles. The Balaban J connectivity index is 1.98. The number of hydrogen-bond acceptors (Lipinski definition) is 4. The fraction of sp³-hybridized carbons (Fsp3) is 0.583. The number of aryl methyl sites for hydroxylation is 1. The minimum absolute atomic E-state index is 0.111. The predicted molar refractivity (Wildman–Crippen MR) is 65.4 cm³/mol. The lowest BCUT2D eigenvalue weighted by molar-refractivity contribution is 0.119. The summed E-state index contributed by atoms with van der Waals surface area (Å²) in [6.07, 6.45) is 2.14. The van der Waals surface area contributed by atoms with Gasteiger partial charge in [0.05, 0.1) is 17.6 Å².